The molecule has 1 rings (SSSR count). The van der Waals surface area contributed by atoms with Gasteiger partial charge in [0, 0.05) is 25.9 Å². The lowest BCUT2D eigenvalue weighted by atomic mass is 10.1. The van der Waals surface area contributed by atoms with Gasteiger partial charge in [-0.15, -0.1) is 6.58 Å². The number of hydrogen-bond donors (Lipinski definition) is 2. The van der Waals surface area contributed by atoms with Crippen LogP contribution in [0, 0.1) is 5.92 Å². The molecule has 1 aliphatic carbocycles. The van der Waals surface area contributed by atoms with Gasteiger partial charge in [0.05, 0.1) is 0 Å². The van der Waals surface area contributed by atoms with E-state index in [9.17, 15) is 8.78 Å². The number of nitrogens with one attached hydrogen (secondary N) is 1. The minimum atomic E-state index is -2.50. The number of halogens is 2. The number of nitrogens with two attached hydrogens (primary N) is 1. The number of hydrogen-bond acceptors (Lipinski definition) is 1. The molecule has 0 heterocycles. The SMILES string of the molecule is C=CCNC(N)=NCC1CCC(F)(F)C1. The molecule has 5 heteroatoms. The number of rotatable bonds is 4. The van der Waals surface area contributed by atoms with E-state index in [1.807, 2.05) is 0 Å². The molecule has 1 aliphatic rings. The average Bonchev–Trinajstić information content (AvgIpc) is 2.52. The molecule has 0 radical (unpaired) electrons. The molecule has 15 heavy (non-hydrogen) atoms. The van der Waals surface area contributed by atoms with Crippen molar-refractivity contribution in [3.8, 4) is 0 Å². The van der Waals surface area contributed by atoms with Gasteiger partial charge in [-0.3, -0.25) is 4.99 Å². The summed E-state index contributed by atoms with van der Waals surface area (Å²) in [5, 5.41) is 2.80. The van der Waals surface area contributed by atoms with E-state index in [4.69, 9.17) is 5.73 Å². The van der Waals surface area contributed by atoms with E-state index in [0.29, 0.717) is 25.5 Å². The predicted octanol–water partition coefficient (Wildman–Crippen LogP) is 1.51. The van der Waals surface area contributed by atoms with Crippen molar-refractivity contribution in [1.82, 2.24) is 5.32 Å². The van der Waals surface area contributed by atoms with Crippen molar-refractivity contribution >= 4 is 5.96 Å². The predicted molar refractivity (Wildman–Crippen MR) is 57.0 cm³/mol. The Labute approximate surface area is 88.4 Å². The number of nitrogens with zero attached hydrogens (tertiary/aromatic N) is 1. The maximum atomic E-state index is 12.8. The van der Waals surface area contributed by atoms with Gasteiger partial charge in [-0.25, -0.2) is 8.78 Å². The molecule has 0 aromatic rings. The molecule has 86 valence electrons. The van der Waals surface area contributed by atoms with E-state index in [1.165, 1.54) is 0 Å². The summed E-state index contributed by atoms with van der Waals surface area (Å²) in [7, 11) is 0. The normalized spacial score (nSPS) is 25.2. The molecule has 0 aromatic heterocycles. The topological polar surface area (TPSA) is 50.4 Å². The second-order valence-corrected chi connectivity index (χ2v) is 3.86. The van der Waals surface area contributed by atoms with Crippen molar-refractivity contribution in [3.05, 3.63) is 12.7 Å². The molecule has 1 atom stereocenters. The quantitative estimate of drug-likeness (QED) is 0.426. The van der Waals surface area contributed by atoms with Crippen molar-refractivity contribution in [2.75, 3.05) is 13.1 Å². The highest BCUT2D eigenvalue weighted by atomic mass is 19.3. The van der Waals surface area contributed by atoms with Gasteiger partial charge in [-0.2, -0.15) is 0 Å². The van der Waals surface area contributed by atoms with Gasteiger partial charge in [-0.05, 0) is 12.3 Å². The molecule has 0 saturated heterocycles. The third-order valence-corrected chi connectivity index (χ3v) is 2.45. The van der Waals surface area contributed by atoms with Crippen LogP contribution in [-0.2, 0) is 0 Å². The van der Waals surface area contributed by atoms with Crippen LogP contribution in [0.3, 0.4) is 0 Å². The third kappa shape index (κ3) is 4.27. The summed E-state index contributed by atoms with van der Waals surface area (Å²) >= 11 is 0. The van der Waals surface area contributed by atoms with Crippen LogP contribution in [0.1, 0.15) is 19.3 Å². The van der Waals surface area contributed by atoms with Crippen LogP contribution in [0.2, 0.25) is 0 Å². The van der Waals surface area contributed by atoms with Gasteiger partial charge >= 0.3 is 0 Å². The van der Waals surface area contributed by atoms with Gasteiger partial charge in [0.1, 0.15) is 0 Å². The Morgan fingerprint density at radius 3 is 2.93 bits per heavy atom. The molecular weight excluding hydrogens is 200 g/mol. The summed E-state index contributed by atoms with van der Waals surface area (Å²) in [4.78, 5) is 4.01. The molecule has 0 aliphatic heterocycles. The summed E-state index contributed by atoms with van der Waals surface area (Å²) in [5.74, 6) is -2.24. The minimum Gasteiger partial charge on any atom is -0.370 e. The zero-order chi connectivity index (χ0) is 11.3. The van der Waals surface area contributed by atoms with Crippen LogP contribution in [0.4, 0.5) is 8.78 Å². The van der Waals surface area contributed by atoms with Crippen molar-refractivity contribution in [1.29, 1.82) is 0 Å². The molecule has 3 nitrogen and oxygen atoms in total. The zero-order valence-corrected chi connectivity index (χ0v) is 8.68. The van der Waals surface area contributed by atoms with Gasteiger partial charge in [0.15, 0.2) is 5.96 Å². The fraction of sp³-hybridized carbons (Fsp3) is 0.700. The van der Waals surface area contributed by atoms with Crippen LogP contribution < -0.4 is 11.1 Å². The van der Waals surface area contributed by atoms with E-state index in [2.05, 4.69) is 16.9 Å². The summed E-state index contributed by atoms with van der Waals surface area (Å²) in [6, 6.07) is 0. The van der Waals surface area contributed by atoms with E-state index in [0.717, 1.165) is 0 Å². The summed E-state index contributed by atoms with van der Waals surface area (Å²) in [6.07, 6.45) is 2.11. The smallest absolute Gasteiger partial charge is 0.248 e. The van der Waals surface area contributed by atoms with Crippen LogP contribution >= 0.6 is 0 Å². The fourth-order valence-electron chi connectivity index (χ4n) is 1.66. The Morgan fingerprint density at radius 1 is 1.67 bits per heavy atom. The first-order chi connectivity index (χ1) is 7.03. The van der Waals surface area contributed by atoms with Gasteiger partial charge in [0.2, 0.25) is 5.92 Å². The van der Waals surface area contributed by atoms with Crippen molar-refractivity contribution in [2.24, 2.45) is 16.6 Å². The first kappa shape index (κ1) is 11.9. The molecule has 0 bridgehead atoms. The number of aliphatic imine (C=N–C) groups is 1. The van der Waals surface area contributed by atoms with E-state index in [-0.39, 0.29) is 18.8 Å². The summed E-state index contributed by atoms with van der Waals surface area (Å²) < 4.78 is 25.6. The highest BCUT2D eigenvalue weighted by Gasteiger charge is 2.39. The van der Waals surface area contributed by atoms with Crippen molar-refractivity contribution in [3.63, 3.8) is 0 Å². The Bertz CT molecular complexity index is 251. The Kier molecular flexibility index (Phi) is 4.05. The van der Waals surface area contributed by atoms with Crippen LogP contribution in [0.25, 0.3) is 0 Å². The Hall–Kier alpha value is -1.13. The van der Waals surface area contributed by atoms with E-state index >= 15 is 0 Å². The molecule has 3 N–H and O–H groups in total. The first-order valence-electron chi connectivity index (χ1n) is 5.06. The molecule has 1 unspecified atom stereocenters. The standard InChI is InChI=1S/C10H17F2N3/c1-2-5-14-9(13)15-7-8-3-4-10(11,12)6-8/h2,8H,1,3-7H2,(H3,13,14,15). The second-order valence-electron chi connectivity index (χ2n) is 3.86. The van der Waals surface area contributed by atoms with Gasteiger partial charge in [-0.1, -0.05) is 6.08 Å². The maximum Gasteiger partial charge on any atom is 0.248 e. The molecule has 0 spiro atoms. The number of alkyl halides is 2. The summed E-state index contributed by atoms with van der Waals surface area (Å²) in [6.45, 7) is 4.44. The second kappa shape index (κ2) is 5.09. The lowest BCUT2D eigenvalue weighted by molar-refractivity contribution is 0.00542. The zero-order valence-electron chi connectivity index (χ0n) is 8.68. The van der Waals surface area contributed by atoms with E-state index < -0.39 is 5.92 Å². The lowest BCUT2D eigenvalue weighted by Crippen LogP contribution is -2.32. The Balaban J connectivity index is 2.28. The monoisotopic (exact) mass is 217 g/mol. The van der Waals surface area contributed by atoms with Crippen molar-refractivity contribution < 1.29 is 8.78 Å². The largest absolute Gasteiger partial charge is 0.370 e. The average molecular weight is 217 g/mol. The minimum absolute atomic E-state index is 0.0207. The molecule has 1 saturated carbocycles. The lowest BCUT2D eigenvalue weighted by Gasteiger charge is -2.08. The molecule has 0 aromatic carbocycles. The first-order valence-corrected chi connectivity index (χ1v) is 5.06. The number of guanidine groups is 1. The molecular formula is C10H17F2N3. The van der Waals surface area contributed by atoms with Crippen LogP contribution in [0.15, 0.2) is 17.6 Å². The fourth-order valence-corrected chi connectivity index (χ4v) is 1.66. The highest BCUT2D eigenvalue weighted by molar-refractivity contribution is 5.77. The summed E-state index contributed by atoms with van der Waals surface area (Å²) in [5.41, 5.74) is 5.51. The highest BCUT2D eigenvalue weighted by Crippen LogP contribution is 2.38. The van der Waals surface area contributed by atoms with Crippen LogP contribution in [0.5, 0.6) is 0 Å². The molecule has 0 amide bonds. The van der Waals surface area contributed by atoms with Crippen LogP contribution in [-0.4, -0.2) is 25.0 Å². The maximum absolute atomic E-state index is 12.8. The van der Waals surface area contributed by atoms with E-state index in [1.54, 1.807) is 6.08 Å². The Morgan fingerprint density at radius 2 is 2.40 bits per heavy atom. The van der Waals surface area contributed by atoms with Gasteiger partial charge in [0.25, 0.3) is 0 Å². The van der Waals surface area contributed by atoms with Crippen molar-refractivity contribution in [2.45, 2.75) is 25.2 Å². The van der Waals surface area contributed by atoms with Gasteiger partial charge < -0.3 is 11.1 Å². The molecule has 1 fully saturated rings. The third-order valence-electron chi connectivity index (χ3n) is 2.45.